The van der Waals surface area contributed by atoms with Crippen molar-refractivity contribution in [3.63, 3.8) is 0 Å². The van der Waals surface area contributed by atoms with Gasteiger partial charge in [0, 0.05) is 30.6 Å². The van der Waals surface area contributed by atoms with Crippen LogP contribution in [0, 0.1) is 34.5 Å². The molecule has 4 aliphatic rings. The number of carbonyl (C=O) groups is 6. The monoisotopic (exact) mass is 559 g/mol. The lowest BCUT2D eigenvalue weighted by atomic mass is 9.46. The number of aliphatic hydroxyl groups is 1. The van der Waals surface area contributed by atoms with E-state index in [2.05, 4.69) is 12.2 Å². The normalized spacial score (nSPS) is 35.6. The Bertz CT molecular complexity index is 1160. The molecule has 0 unspecified atom stereocenters. The molecule has 3 saturated carbocycles. The summed E-state index contributed by atoms with van der Waals surface area (Å²) in [5, 5.41) is 23.3. The first-order valence-corrected chi connectivity index (χ1v) is 14.3. The molecule has 10 heteroatoms. The summed E-state index contributed by atoms with van der Waals surface area (Å²) in [6.07, 6.45) is 4.40. The van der Waals surface area contributed by atoms with Gasteiger partial charge in [0.2, 0.25) is 11.7 Å². The van der Waals surface area contributed by atoms with Gasteiger partial charge in [0.1, 0.15) is 17.4 Å². The van der Waals surface area contributed by atoms with Gasteiger partial charge in [0.25, 0.3) is 0 Å². The van der Waals surface area contributed by atoms with Crippen LogP contribution in [0.5, 0.6) is 0 Å². The number of nitrogens with one attached hydrogen (secondary N) is 1. The van der Waals surface area contributed by atoms with E-state index in [9.17, 15) is 39.0 Å². The lowest BCUT2D eigenvalue weighted by Crippen LogP contribution is -2.61. The lowest BCUT2D eigenvalue weighted by molar-refractivity contribution is -0.173. The van der Waals surface area contributed by atoms with Gasteiger partial charge in [-0.25, -0.2) is 4.79 Å². The van der Waals surface area contributed by atoms with Crippen molar-refractivity contribution >= 4 is 35.2 Å². The average molecular weight is 560 g/mol. The van der Waals surface area contributed by atoms with E-state index in [0.717, 1.165) is 18.4 Å². The maximum Gasteiger partial charge on any atom is 0.326 e. The van der Waals surface area contributed by atoms with Crippen LogP contribution in [0.15, 0.2) is 11.6 Å². The molecule has 0 saturated heterocycles. The van der Waals surface area contributed by atoms with Crippen molar-refractivity contribution in [1.29, 1.82) is 0 Å². The molecular weight excluding hydrogens is 518 g/mol. The molecule has 0 aliphatic heterocycles. The maximum atomic E-state index is 13.7. The maximum absolute atomic E-state index is 13.7. The van der Waals surface area contributed by atoms with Crippen molar-refractivity contribution in [2.45, 2.75) is 97.1 Å². The van der Waals surface area contributed by atoms with Crippen molar-refractivity contribution < 1.29 is 43.7 Å². The number of fused-ring (bicyclic) bond motifs is 5. The van der Waals surface area contributed by atoms with E-state index in [1.807, 2.05) is 0 Å². The third kappa shape index (κ3) is 5.03. The lowest BCUT2D eigenvalue weighted by Gasteiger charge is -2.57. The fraction of sp³-hybridized carbons (Fsp3) is 0.733. The number of aliphatic carboxylic acids is 1. The number of amides is 1. The predicted octanol–water partition coefficient (Wildman–Crippen LogP) is 2.55. The first-order chi connectivity index (χ1) is 18.6. The first kappa shape index (κ1) is 30.1. The zero-order chi connectivity index (χ0) is 29.6. The minimum atomic E-state index is -1.82. The Hall–Kier alpha value is -2.88. The summed E-state index contributed by atoms with van der Waals surface area (Å²) in [4.78, 5) is 74.7. The largest absolute Gasteiger partial charge is 0.480 e. The number of carboxylic acid groups (broad SMARTS) is 1. The van der Waals surface area contributed by atoms with E-state index in [4.69, 9.17) is 4.74 Å². The van der Waals surface area contributed by atoms with Gasteiger partial charge in [-0.1, -0.05) is 33.3 Å². The Morgan fingerprint density at radius 1 is 1.07 bits per heavy atom. The van der Waals surface area contributed by atoms with Gasteiger partial charge in [-0.15, -0.1) is 0 Å². The highest BCUT2D eigenvalue weighted by molar-refractivity contribution is 5.95. The molecule has 4 aliphatic carbocycles. The fourth-order valence-corrected chi connectivity index (χ4v) is 8.16. The molecule has 0 aromatic heterocycles. The number of esters is 1. The molecular formula is C30H41NO9. The van der Waals surface area contributed by atoms with Crippen molar-refractivity contribution in [1.82, 2.24) is 5.32 Å². The van der Waals surface area contributed by atoms with Gasteiger partial charge in [-0.3, -0.25) is 24.0 Å². The number of carbonyl (C=O) groups excluding carboxylic acids is 5. The molecule has 0 spiro atoms. The third-order valence-corrected chi connectivity index (χ3v) is 10.4. The fourth-order valence-electron chi connectivity index (χ4n) is 8.16. The average Bonchev–Trinajstić information content (AvgIpc) is 3.15. The van der Waals surface area contributed by atoms with E-state index < -0.39 is 47.3 Å². The second kappa shape index (κ2) is 10.8. The van der Waals surface area contributed by atoms with Gasteiger partial charge in [0.15, 0.2) is 12.4 Å². The Morgan fingerprint density at radius 2 is 1.77 bits per heavy atom. The summed E-state index contributed by atoms with van der Waals surface area (Å²) in [5.41, 5.74) is -2.13. The quantitative estimate of drug-likeness (QED) is 0.360. The second-order valence-electron chi connectivity index (χ2n) is 13.0. The van der Waals surface area contributed by atoms with Crippen LogP contribution in [0.4, 0.5) is 0 Å². The molecule has 0 aromatic rings. The molecule has 0 radical (unpaired) electrons. The minimum absolute atomic E-state index is 0.00459. The van der Waals surface area contributed by atoms with E-state index in [-0.39, 0.29) is 66.3 Å². The van der Waals surface area contributed by atoms with Gasteiger partial charge >= 0.3 is 11.9 Å². The van der Waals surface area contributed by atoms with Gasteiger partial charge in [0.05, 0.1) is 6.42 Å². The van der Waals surface area contributed by atoms with E-state index >= 15 is 0 Å². The standard InChI is InChI=1S/C30H41NO9/c1-16(2)26(27(37)38)31-23(35)7-8-24(36)40-15-22(34)30(39)12-10-20-19-6-5-17-13-18(32)9-11-28(17,3)25(19)21(33)14-29(20,30)4/h13,16,19-20,25-26,39H,5-12,14-15H2,1-4H3,(H,31,35)(H,37,38)/t19-,20+,25+,26-,28-,29-,30-/m0/s1. The number of ether oxygens (including phenoxy) is 1. The molecule has 220 valence electrons. The molecule has 0 bridgehead atoms. The van der Waals surface area contributed by atoms with Crippen molar-refractivity contribution in [2.75, 3.05) is 6.61 Å². The van der Waals surface area contributed by atoms with Crippen molar-refractivity contribution in [3.8, 4) is 0 Å². The molecule has 40 heavy (non-hydrogen) atoms. The second-order valence-corrected chi connectivity index (χ2v) is 13.0. The molecule has 10 nitrogen and oxygen atoms in total. The molecule has 1 amide bonds. The highest BCUT2D eigenvalue weighted by atomic mass is 16.5. The van der Waals surface area contributed by atoms with E-state index in [1.165, 1.54) is 0 Å². The van der Waals surface area contributed by atoms with Gasteiger partial charge in [-0.2, -0.15) is 0 Å². The number of rotatable bonds is 9. The highest BCUT2D eigenvalue weighted by Crippen LogP contribution is 2.66. The molecule has 3 fully saturated rings. The van der Waals surface area contributed by atoms with E-state index in [0.29, 0.717) is 19.3 Å². The summed E-state index contributed by atoms with van der Waals surface area (Å²) < 4.78 is 5.12. The molecule has 0 heterocycles. The summed E-state index contributed by atoms with van der Waals surface area (Å²) in [5.74, 6) is -3.76. The predicted molar refractivity (Wildman–Crippen MR) is 142 cm³/mol. The highest BCUT2D eigenvalue weighted by Gasteiger charge is 2.68. The van der Waals surface area contributed by atoms with Crippen LogP contribution >= 0.6 is 0 Å². The zero-order valence-electron chi connectivity index (χ0n) is 23.8. The Balaban J connectivity index is 1.38. The third-order valence-electron chi connectivity index (χ3n) is 10.4. The Morgan fingerprint density at radius 3 is 2.42 bits per heavy atom. The topological polar surface area (TPSA) is 164 Å². The number of carboxylic acids is 1. The summed E-state index contributed by atoms with van der Waals surface area (Å²) in [6.45, 7) is 6.52. The zero-order valence-corrected chi connectivity index (χ0v) is 23.8. The van der Waals surface area contributed by atoms with Crippen LogP contribution in [-0.2, 0) is 33.5 Å². The molecule has 3 N–H and O–H groups in total. The van der Waals surface area contributed by atoms with Crippen molar-refractivity contribution in [3.05, 3.63) is 11.6 Å². The number of allylic oxidation sites excluding steroid dienone is 1. The van der Waals surface area contributed by atoms with Crippen LogP contribution in [-0.4, -0.2) is 63.7 Å². The summed E-state index contributed by atoms with van der Waals surface area (Å²) in [6, 6.07) is -1.08. The molecule has 4 rings (SSSR count). The van der Waals surface area contributed by atoms with Crippen LogP contribution in [0.3, 0.4) is 0 Å². The van der Waals surface area contributed by atoms with Crippen LogP contribution in [0.2, 0.25) is 0 Å². The minimum Gasteiger partial charge on any atom is -0.480 e. The smallest absolute Gasteiger partial charge is 0.326 e. The first-order valence-electron chi connectivity index (χ1n) is 14.3. The van der Waals surface area contributed by atoms with E-state index in [1.54, 1.807) is 26.8 Å². The molecule has 0 aromatic carbocycles. The summed E-state index contributed by atoms with van der Waals surface area (Å²) >= 11 is 0. The van der Waals surface area contributed by atoms with Crippen LogP contribution in [0.25, 0.3) is 0 Å². The Labute approximate surface area is 234 Å². The Kier molecular flexibility index (Phi) is 8.15. The van der Waals surface area contributed by atoms with Gasteiger partial charge < -0.3 is 20.3 Å². The number of ketones is 3. The van der Waals surface area contributed by atoms with Gasteiger partial charge in [-0.05, 0) is 61.3 Å². The number of Topliss-reactive ketones (excluding diaryl/α,β-unsaturated/α-hetero) is 2. The number of hydrogen-bond donors (Lipinski definition) is 3. The van der Waals surface area contributed by atoms with Crippen LogP contribution in [0.1, 0.15) is 85.5 Å². The summed E-state index contributed by atoms with van der Waals surface area (Å²) in [7, 11) is 0. The molecule has 7 atom stereocenters. The number of hydrogen-bond acceptors (Lipinski definition) is 8. The van der Waals surface area contributed by atoms with Crippen molar-refractivity contribution in [2.24, 2.45) is 34.5 Å². The van der Waals surface area contributed by atoms with Crippen LogP contribution < -0.4 is 5.32 Å². The SMILES string of the molecule is CC(C)[C@H](NC(=O)CCC(=O)OCC(=O)[C@@]1(O)CC[C@@H]2[C@@H]3CCC4=CC(=O)CC[C@]4(C)[C@H]3C(=O)C[C@@]21C)C(=O)O.